The first-order chi connectivity index (χ1) is 12.7. The van der Waals surface area contributed by atoms with Crippen LogP contribution in [0.4, 0.5) is 10.3 Å². The Bertz CT molecular complexity index is 1090. The molecule has 4 aromatic heterocycles. The Hall–Kier alpha value is -3.00. The predicted molar refractivity (Wildman–Crippen MR) is 93.7 cm³/mol. The van der Waals surface area contributed by atoms with Crippen molar-refractivity contribution in [2.75, 3.05) is 11.4 Å². The molecule has 4 aromatic rings. The van der Waals surface area contributed by atoms with Crippen molar-refractivity contribution < 1.29 is 4.39 Å². The second-order valence-corrected chi connectivity index (χ2v) is 6.51. The molecule has 5 rings (SSSR count). The fourth-order valence-electron chi connectivity index (χ4n) is 3.38. The third-order valence-electron chi connectivity index (χ3n) is 4.54. The number of anilines is 1. The maximum Gasteiger partial charge on any atom is 0.226 e. The molecule has 0 saturated heterocycles. The summed E-state index contributed by atoms with van der Waals surface area (Å²) in [6.45, 7) is 0.678. The molecule has 1 atom stereocenters. The summed E-state index contributed by atoms with van der Waals surface area (Å²) in [6.07, 6.45) is 7.29. The summed E-state index contributed by atoms with van der Waals surface area (Å²) in [4.78, 5) is 18.4. The fraction of sp³-hybridized carbons (Fsp3) is 0.176. The zero-order valence-corrected chi connectivity index (χ0v) is 14.2. The fourth-order valence-corrected chi connectivity index (χ4v) is 3.48. The lowest BCUT2D eigenvalue weighted by molar-refractivity contribution is 0.601. The normalized spacial score (nSPS) is 16.8. The molecule has 1 aliphatic rings. The van der Waals surface area contributed by atoms with Crippen molar-refractivity contribution in [1.82, 2.24) is 29.5 Å². The molecule has 7 nitrogen and oxygen atoms in total. The van der Waals surface area contributed by atoms with Gasteiger partial charge in [0.2, 0.25) is 5.95 Å². The molecule has 0 aromatic carbocycles. The molecular weight excluding hydrogens is 357 g/mol. The quantitative estimate of drug-likeness (QED) is 0.588. The lowest BCUT2D eigenvalue weighted by Gasteiger charge is -2.33. The highest BCUT2D eigenvalue weighted by Gasteiger charge is 2.34. The second kappa shape index (κ2) is 5.77. The minimum Gasteiger partial charge on any atom is -0.348 e. The number of hydrogen-bond acceptors (Lipinski definition) is 5. The van der Waals surface area contributed by atoms with Gasteiger partial charge in [0.05, 0.1) is 35.1 Å². The maximum absolute atomic E-state index is 14.1. The Kier molecular flexibility index (Phi) is 3.39. The molecular formula is C17H13ClFN7. The Morgan fingerprint density at radius 1 is 1.23 bits per heavy atom. The molecule has 9 heteroatoms. The van der Waals surface area contributed by atoms with Crippen LogP contribution >= 0.6 is 11.6 Å². The number of pyridine rings is 1. The number of nitrogens with one attached hydrogen (secondary N) is 1. The average molecular weight is 370 g/mol. The van der Waals surface area contributed by atoms with Gasteiger partial charge in [0, 0.05) is 24.9 Å². The number of H-pyrrole nitrogens is 1. The molecule has 0 unspecified atom stereocenters. The van der Waals surface area contributed by atoms with Gasteiger partial charge < -0.3 is 9.88 Å². The summed E-state index contributed by atoms with van der Waals surface area (Å²) >= 11 is 5.92. The van der Waals surface area contributed by atoms with Crippen molar-refractivity contribution in [1.29, 1.82) is 0 Å². The van der Waals surface area contributed by atoms with Crippen LogP contribution in [0, 0.1) is 5.82 Å². The van der Waals surface area contributed by atoms with Gasteiger partial charge in [-0.05, 0) is 18.2 Å². The van der Waals surface area contributed by atoms with Crippen molar-refractivity contribution >= 4 is 23.1 Å². The van der Waals surface area contributed by atoms with E-state index in [4.69, 9.17) is 11.6 Å². The van der Waals surface area contributed by atoms with Crippen molar-refractivity contribution in [3.8, 4) is 0 Å². The number of rotatable bonds is 2. The van der Waals surface area contributed by atoms with E-state index in [-0.39, 0.29) is 11.9 Å². The van der Waals surface area contributed by atoms with Crippen LogP contribution in [-0.2, 0) is 6.42 Å². The first-order valence-corrected chi connectivity index (χ1v) is 8.48. The highest BCUT2D eigenvalue weighted by Crippen LogP contribution is 2.35. The topological polar surface area (TPSA) is 75.0 Å². The third-order valence-corrected chi connectivity index (χ3v) is 4.73. The molecule has 0 spiro atoms. The van der Waals surface area contributed by atoms with Crippen molar-refractivity contribution in [3.63, 3.8) is 0 Å². The summed E-state index contributed by atoms with van der Waals surface area (Å²) in [7, 11) is 0. The number of hydrogen-bond donors (Lipinski definition) is 1. The van der Waals surface area contributed by atoms with Gasteiger partial charge in [0.25, 0.3) is 0 Å². The molecule has 0 aliphatic carbocycles. The van der Waals surface area contributed by atoms with E-state index in [9.17, 15) is 4.39 Å². The van der Waals surface area contributed by atoms with Crippen molar-refractivity contribution in [2.45, 2.75) is 12.5 Å². The van der Waals surface area contributed by atoms with E-state index < -0.39 is 0 Å². The second-order valence-electron chi connectivity index (χ2n) is 6.07. The van der Waals surface area contributed by atoms with Crippen LogP contribution < -0.4 is 4.90 Å². The smallest absolute Gasteiger partial charge is 0.226 e. The van der Waals surface area contributed by atoms with Crippen LogP contribution in [0.3, 0.4) is 0 Å². The van der Waals surface area contributed by atoms with E-state index in [0.717, 1.165) is 17.8 Å². The molecule has 0 bridgehead atoms. The van der Waals surface area contributed by atoms with E-state index in [1.807, 2.05) is 4.90 Å². The number of nitrogens with zero attached hydrogens (tertiary/aromatic N) is 6. The van der Waals surface area contributed by atoms with Gasteiger partial charge >= 0.3 is 0 Å². The van der Waals surface area contributed by atoms with Crippen molar-refractivity contribution in [2.24, 2.45) is 0 Å². The largest absolute Gasteiger partial charge is 0.348 e. The average Bonchev–Trinajstić information content (AvgIpc) is 3.29. The highest BCUT2D eigenvalue weighted by atomic mass is 35.5. The van der Waals surface area contributed by atoms with Crippen LogP contribution in [0.2, 0.25) is 5.02 Å². The van der Waals surface area contributed by atoms with Gasteiger partial charge in [-0.1, -0.05) is 11.6 Å². The predicted octanol–water partition coefficient (Wildman–Crippen LogP) is 2.79. The standard InChI is InChI=1S/C17H13ClFN7/c18-10-7-20-17(21-8-10)25-5-3-12-15(23-9-22-12)16(25)13-6-14-11(19)2-1-4-26(14)24-13/h1-2,4,6-9,16H,3,5H2,(H,22,23)/t16-/m0/s1. The van der Waals surface area contributed by atoms with Gasteiger partial charge in [-0.15, -0.1) is 0 Å². The number of aromatic nitrogens is 6. The minimum atomic E-state index is -0.321. The first kappa shape index (κ1) is 15.3. The number of aromatic amines is 1. The van der Waals surface area contributed by atoms with Gasteiger partial charge in [0.15, 0.2) is 0 Å². The Morgan fingerprint density at radius 2 is 2.08 bits per heavy atom. The Labute approximate surface area is 152 Å². The lowest BCUT2D eigenvalue weighted by atomic mass is 10.0. The number of halogens is 2. The molecule has 0 radical (unpaired) electrons. The van der Waals surface area contributed by atoms with Crippen LogP contribution in [0.1, 0.15) is 23.1 Å². The van der Waals surface area contributed by atoms with Gasteiger partial charge in [-0.25, -0.2) is 23.9 Å². The monoisotopic (exact) mass is 369 g/mol. The third kappa shape index (κ3) is 2.33. The Balaban J connectivity index is 1.68. The molecule has 130 valence electrons. The molecule has 0 amide bonds. The summed E-state index contributed by atoms with van der Waals surface area (Å²) in [5, 5.41) is 5.04. The summed E-state index contributed by atoms with van der Waals surface area (Å²) in [5.41, 5.74) is 2.99. The zero-order valence-electron chi connectivity index (χ0n) is 13.5. The number of imidazole rings is 1. The summed E-state index contributed by atoms with van der Waals surface area (Å²) < 4.78 is 15.7. The van der Waals surface area contributed by atoms with E-state index in [0.29, 0.717) is 28.7 Å². The molecule has 0 fully saturated rings. The van der Waals surface area contributed by atoms with Gasteiger partial charge in [-0.2, -0.15) is 5.10 Å². The highest BCUT2D eigenvalue weighted by molar-refractivity contribution is 6.30. The van der Waals surface area contributed by atoms with Crippen molar-refractivity contribution in [3.05, 3.63) is 71.0 Å². The van der Waals surface area contributed by atoms with E-state index >= 15 is 0 Å². The van der Waals surface area contributed by atoms with E-state index in [1.54, 1.807) is 37.1 Å². The van der Waals surface area contributed by atoms with Crippen LogP contribution in [-0.4, -0.2) is 36.1 Å². The van der Waals surface area contributed by atoms with E-state index in [1.165, 1.54) is 10.6 Å². The Morgan fingerprint density at radius 3 is 2.88 bits per heavy atom. The molecule has 1 N–H and O–H groups in total. The zero-order chi connectivity index (χ0) is 17.7. The van der Waals surface area contributed by atoms with E-state index in [2.05, 4.69) is 25.0 Å². The number of fused-ring (bicyclic) bond motifs is 2. The lowest BCUT2D eigenvalue weighted by Crippen LogP contribution is -2.37. The molecule has 0 saturated carbocycles. The summed E-state index contributed by atoms with van der Waals surface area (Å²) in [5.74, 6) is 0.212. The van der Waals surface area contributed by atoms with Gasteiger partial charge in [0.1, 0.15) is 17.4 Å². The first-order valence-electron chi connectivity index (χ1n) is 8.11. The SMILES string of the molecule is Fc1cccn2nc([C@H]3c4nc[nH]c4CCN3c3ncc(Cl)cn3)cc12. The van der Waals surface area contributed by atoms with Crippen LogP contribution in [0.15, 0.2) is 43.1 Å². The molecule has 26 heavy (non-hydrogen) atoms. The molecule has 1 aliphatic heterocycles. The summed E-state index contributed by atoms with van der Waals surface area (Å²) in [6, 6.07) is 4.47. The van der Waals surface area contributed by atoms with Crippen LogP contribution in [0.5, 0.6) is 0 Å². The van der Waals surface area contributed by atoms with Gasteiger partial charge in [-0.3, -0.25) is 0 Å². The molecule has 5 heterocycles. The maximum atomic E-state index is 14.1. The van der Waals surface area contributed by atoms with Crippen LogP contribution in [0.25, 0.3) is 5.52 Å². The minimum absolute atomic E-state index is 0.314.